The van der Waals surface area contributed by atoms with E-state index in [2.05, 4.69) is 5.32 Å². The van der Waals surface area contributed by atoms with Crippen LogP contribution in [0.5, 0.6) is 5.75 Å². The highest BCUT2D eigenvalue weighted by atomic mass is 16.5. The summed E-state index contributed by atoms with van der Waals surface area (Å²) in [6, 6.07) is 6.72. The molecule has 2 N–H and O–H groups in total. The van der Waals surface area contributed by atoms with Crippen molar-refractivity contribution in [1.82, 2.24) is 5.32 Å². The number of carbonyl (C=O) groups is 1. The molecule has 23 heavy (non-hydrogen) atoms. The van der Waals surface area contributed by atoms with Crippen LogP contribution in [-0.4, -0.2) is 30.8 Å². The molecule has 0 aliphatic carbocycles. The van der Waals surface area contributed by atoms with Crippen molar-refractivity contribution in [3.63, 3.8) is 0 Å². The van der Waals surface area contributed by atoms with Crippen LogP contribution in [0.2, 0.25) is 0 Å². The van der Waals surface area contributed by atoms with Crippen molar-refractivity contribution >= 4 is 16.9 Å². The lowest BCUT2D eigenvalue weighted by molar-refractivity contribution is -0.123. The lowest BCUT2D eigenvalue weighted by Gasteiger charge is -2.09. The normalized spacial score (nSPS) is 10.7. The van der Waals surface area contributed by atoms with E-state index in [-0.39, 0.29) is 24.7 Å². The highest BCUT2D eigenvalue weighted by molar-refractivity contribution is 5.82. The van der Waals surface area contributed by atoms with Gasteiger partial charge < -0.3 is 19.6 Å². The molecule has 1 amide bonds. The maximum atomic E-state index is 11.6. The van der Waals surface area contributed by atoms with Crippen LogP contribution < -0.4 is 15.7 Å². The first-order valence-corrected chi connectivity index (χ1v) is 7.71. The van der Waals surface area contributed by atoms with E-state index in [0.717, 1.165) is 23.8 Å². The number of aryl methyl sites for hydroxylation is 1. The summed E-state index contributed by atoms with van der Waals surface area (Å²) in [6.07, 6.45) is 2.24. The van der Waals surface area contributed by atoms with E-state index in [9.17, 15) is 9.59 Å². The van der Waals surface area contributed by atoms with Gasteiger partial charge >= 0.3 is 5.63 Å². The van der Waals surface area contributed by atoms with Gasteiger partial charge in [-0.15, -0.1) is 0 Å². The third kappa shape index (κ3) is 4.82. The van der Waals surface area contributed by atoms with Crippen LogP contribution in [0.25, 0.3) is 11.0 Å². The SMILES string of the molecule is CCCc1cc(=O)oc2cc(OCC(=O)NCCCO)ccc12. The van der Waals surface area contributed by atoms with Gasteiger partial charge in [0, 0.05) is 30.7 Å². The topological polar surface area (TPSA) is 88.8 Å². The Kier molecular flexibility index (Phi) is 6.17. The zero-order valence-electron chi connectivity index (χ0n) is 13.1. The molecule has 0 aliphatic rings. The van der Waals surface area contributed by atoms with Crippen molar-refractivity contribution < 1.29 is 19.1 Å². The van der Waals surface area contributed by atoms with E-state index >= 15 is 0 Å². The van der Waals surface area contributed by atoms with Crippen LogP contribution in [0.1, 0.15) is 25.3 Å². The Labute approximate surface area is 134 Å². The molecule has 6 nitrogen and oxygen atoms in total. The number of benzene rings is 1. The third-order valence-electron chi connectivity index (χ3n) is 3.35. The number of nitrogens with one attached hydrogen (secondary N) is 1. The van der Waals surface area contributed by atoms with Gasteiger partial charge in [0.15, 0.2) is 6.61 Å². The molecular formula is C17H21NO5. The Hall–Kier alpha value is -2.34. The van der Waals surface area contributed by atoms with Crippen molar-refractivity contribution in [2.45, 2.75) is 26.2 Å². The molecule has 0 atom stereocenters. The fourth-order valence-corrected chi connectivity index (χ4v) is 2.28. The fourth-order valence-electron chi connectivity index (χ4n) is 2.28. The Bertz CT molecular complexity index is 722. The van der Waals surface area contributed by atoms with E-state index < -0.39 is 0 Å². The van der Waals surface area contributed by atoms with E-state index in [1.807, 2.05) is 13.0 Å². The summed E-state index contributed by atoms with van der Waals surface area (Å²) in [7, 11) is 0. The molecule has 1 heterocycles. The monoisotopic (exact) mass is 319 g/mol. The molecule has 0 unspecified atom stereocenters. The van der Waals surface area contributed by atoms with Gasteiger partial charge in [0.25, 0.3) is 5.91 Å². The number of rotatable bonds is 8. The number of ether oxygens (including phenoxy) is 1. The minimum Gasteiger partial charge on any atom is -0.484 e. The maximum Gasteiger partial charge on any atom is 0.336 e. The Morgan fingerprint density at radius 3 is 2.91 bits per heavy atom. The van der Waals surface area contributed by atoms with Gasteiger partial charge in [0.2, 0.25) is 0 Å². The van der Waals surface area contributed by atoms with Crippen LogP contribution in [0.3, 0.4) is 0 Å². The average Bonchev–Trinajstić information content (AvgIpc) is 2.53. The molecule has 0 saturated heterocycles. The van der Waals surface area contributed by atoms with E-state index in [4.69, 9.17) is 14.3 Å². The lowest BCUT2D eigenvalue weighted by Crippen LogP contribution is -2.30. The van der Waals surface area contributed by atoms with Crippen LogP contribution in [0.15, 0.2) is 33.5 Å². The summed E-state index contributed by atoms with van der Waals surface area (Å²) in [4.78, 5) is 23.2. The highest BCUT2D eigenvalue weighted by Crippen LogP contribution is 2.23. The fraction of sp³-hybridized carbons (Fsp3) is 0.412. The molecule has 0 saturated carbocycles. The van der Waals surface area contributed by atoms with Gasteiger partial charge in [0.05, 0.1) is 0 Å². The lowest BCUT2D eigenvalue weighted by atomic mass is 10.1. The molecule has 1 aromatic carbocycles. The second-order valence-electron chi connectivity index (χ2n) is 5.21. The molecular weight excluding hydrogens is 298 g/mol. The standard InChI is InChI=1S/C17H21NO5/c1-2-4-12-9-17(21)23-15-10-13(5-6-14(12)15)22-11-16(20)18-7-3-8-19/h5-6,9-10,19H,2-4,7-8,11H2,1H3,(H,18,20). The number of aliphatic hydroxyl groups is 1. The average molecular weight is 319 g/mol. The van der Waals surface area contributed by atoms with Gasteiger partial charge in [-0.1, -0.05) is 13.3 Å². The Morgan fingerprint density at radius 1 is 1.35 bits per heavy atom. The van der Waals surface area contributed by atoms with Crippen molar-refractivity contribution in [1.29, 1.82) is 0 Å². The zero-order valence-corrected chi connectivity index (χ0v) is 13.1. The third-order valence-corrected chi connectivity index (χ3v) is 3.35. The van der Waals surface area contributed by atoms with Crippen LogP contribution in [0.4, 0.5) is 0 Å². The Balaban J connectivity index is 2.08. The van der Waals surface area contributed by atoms with E-state index in [0.29, 0.717) is 24.3 Å². The van der Waals surface area contributed by atoms with E-state index in [1.54, 1.807) is 12.1 Å². The molecule has 0 bridgehead atoms. The molecule has 2 aromatic rings. The van der Waals surface area contributed by atoms with Crippen molar-refractivity contribution in [2.24, 2.45) is 0 Å². The molecule has 0 spiro atoms. The summed E-state index contributed by atoms with van der Waals surface area (Å²) in [5.74, 6) is 0.200. The second kappa shape index (κ2) is 8.33. The van der Waals surface area contributed by atoms with Crippen molar-refractivity contribution in [2.75, 3.05) is 19.8 Å². The number of hydrogen-bond donors (Lipinski definition) is 2. The predicted molar refractivity (Wildman–Crippen MR) is 86.7 cm³/mol. The molecule has 0 radical (unpaired) electrons. The summed E-state index contributed by atoms with van der Waals surface area (Å²) in [5.41, 5.74) is 1.02. The van der Waals surface area contributed by atoms with Crippen LogP contribution >= 0.6 is 0 Å². The first-order chi connectivity index (χ1) is 11.1. The van der Waals surface area contributed by atoms with Gasteiger partial charge in [-0.05, 0) is 30.5 Å². The summed E-state index contributed by atoms with van der Waals surface area (Å²) in [5, 5.41) is 12.2. The second-order valence-corrected chi connectivity index (χ2v) is 5.21. The number of amides is 1. The number of aliphatic hydroxyl groups excluding tert-OH is 1. The molecule has 124 valence electrons. The summed E-state index contributed by atoms with van der Waals surface area (Å²) in [6.45, 7) is 2.36. The first kappa shape index (κ1) is 17.0. The minimum absolute atomic E-state index is 0.0327. The van der Waals surface area contributed by atoms with Crippen LogP contribution in [0, 0.1) is 0 Å². The highest BCUT2D eigenvalue weighted by Gasteiger charge is 2.08. The molecule has 6 heteroatoms. The largest absolute Gasteiger partial charge is 0.484 e. The predicted octanol–water partition coefficient (Wildman–Crippen LogP) is 1.62. The van der Waals surface area contributed by atoms with Gasteiger partial charge in [-0.2, -0.15) is 0 Å². The number of carbonyl (C=O) groups excluding carboxylic acids is 1. The minimum atomic E-state index is -0.389. The molecule has 2 rings (SSSR count). The molecule has 0 aliphatic heterocycles. The molecule has 1 aromatic heterocycles. The smallest absolute Gasteiger partial charge is 0.336 e. The van der Waals surface area contributed by atoms with E-state index in [1.165, 1.54) is 6.07 Å². The maximum absolute atomic E-state index is 11.6. The molecule has 0 fully saturated rings. The van der Waals surface area contributed by atoms with Crippen LogP contribution in [-0.2, 0) is 11.2 Å². The van der Waals surface area contributed by atoms with Crippen molar-refractivity contribution in [3.8, 4) is 5.75 Å². The number of fused-ring (bicyclic) bond motifs is 1. The van der Waals surface area contributed by atoms with Gasteiger partial charge in [-0.3, -0.25) is 4.79 Å². The number of hydrogen-bond acceptors (Lipinski definition) is 5. The summed E-state index contributed by atoms with van der Waals surface area (Å²) >= 11 is 0. The zero-order chi connectivity index (χ0) is 16.7. The van der Waals surface area contributed by atoms with Crippen molar-refractivity contribution in [3.05, 3.63) is 40.2 Å². The van der Waals surface area contributed by atoms with Gasteiger partial charge in [0.1, 0.15) is 11.3 Å². The first-order valence-electron chi connectivity index (χ1n) is 7.71. The Morgan fingerprint density at radius 2 is 2.17 bits per heavy atom. The summed E-state index contributed by atoms with van der Waals surface area (Å²) < 4.78 is 10.6. The van der Waals surface area contributed by atoms with Gasteiger partial charge in [-0.25, -0.2) is 4.79 Å². The quantitative estimate of drug-likeness (QED) is 0.570.